The van der Waals surface area contributed by atoms with Gasteiger partial charge < -0.3 is 0 Å². The standard InChI is InChI=1S/C19H28N2O4S2/c1-14-11-16-12-17(15-7-3-4-8-15)20-26(22,23)19(16)13-18(14)27(24,25)21-9-5-2-6-10-21/h11,13,15,17,20H,2-10,12H2,1H3/t17-/m1/s1. The first-order valence-electron chi connectivity index (χ1n) is 9.95. The lowest BCUT2D eigenvalue weighted by Crippen LogP contribution is -2.45. The minimum absolute atomic E-state index is 0.0750. The third-order valence-electron chi connectivity index (χ3n) is 6.30. The number of aryl methyl sites for hydroxylation is 1. The van der Waals surface area contributed by atoms with Crippen LogP contribution in [0.15, 0.2) is 21.9 Å². The molecular formula is C19H28N2O4S2. The van der Waals surface area contributed by atoms with E-state index in [-0.39, 0.29) is 15.8 Å². The Morgan fingerprint density at radius 2 is 1.70 bits per heavy atom. The molecule has 0 aromatic heterocycles. The van der Waals surface area contributed by atoms with Crippen molar-refractivity contribution in [3.8, 4) is 0 Å². The highest BCUT2D eigenvalue weighted by molar-refractivity contribution is 7.90. The van der Waals surface area contributed by atoms with Gasteiger partial charge in [0.15, 0.2) is 0 Å². The minimum Gasteiger partial charge on any atom is -0.207 e. The number of piperidine rings is 1. The Kier molecular flexibility index (Phi) is 5.12. The zero-order valence-corrected chi connectivity index (χ0v) is 17.4. The van der Waals surface area contributed by atoms with Crippen LogP contribution in [0.3, 0.4) is 0 Å². The Hall–Kier alpha value is -0.960. The van der Waals surface area contributed by atoms with E-state index in [4.69, 9.17) is 0 Å². The number of fused-ring (bicyclic) bond motifs is 1. The van der Waals surface area contributed by atoms with E-state index in [1.165, 1.54) is 10.4 Å². The van der Waals surface area contributed by atoms with Gasteiger partial charge in [0, 0.05) is 19.1 Å². The average Bonchev–Trinajstić information content (AvgIpc) is 3.16. The molecule has 0 amide bonds. The smallest absolute Gasteiger partial charge is 0.207 e. The molecule has 1 atom stereocenters. The van der Waals surface area contributed by atoms with Crippen molar-refractivity contribution in [2.45, 2.75) is 74.1 Å². The quantitative estimate of drug-likeness (QED) is 0.827. The summed E-state index contributed by atoms with van der Waals surface area (Å²) in [5.74, 6) is 0.380. The van der Waals surface area contributed by atoms with Gasteiger partial charge in [-0.25, -0.2) is 21.6 Å². The number of sulfonamides is 2. The zero-order chi connectivity index (χ0) is 19.2. The third kappa shape index (κ3) is 3.57. The number of nitrogens with zero attached hydrogens (tertiary/aromatic N) is 1. The molecule has 0 unspecified atom stereocenters. The van der Waals surface area contributed by atoms with Gasteiger partial charge in [-0.15, -0.1) is 0 Å². The summed E-state index contributed by atoms with van der Waals surface area (Å²) in [7, 11) is -7.36. The molecule has 1 N–H and O–H groups in total. The van der Waals surface area contributed by atoms with Gasteiger partial charge >= 0.3 is 0 Å². The summed E-state index contributed by atoms with van der Waals surface area (Å²) in [5, 5.41) is 0. The Morgan fingerprint density at radius 1 is 1.04 bits per heavy atom. The van der Waals surface area contributed by atoms with E-state index < -0.39 is 20.0 Å². The Bertz CT molecular complexity index is 929. The summed E-state index contributed by atoms with van der Waals surface area (Å²) in [6.07, 6.45) is 7.81. The third-order valence-corrected chi connectivity index (χ3v) is 9.91. The molecule has 1 aliphatic carbocycles. The van der Waals surface area contributed by atoms with Crippen molar-refractivity contribution >= 4 is 20.0 Å². The number of rotatable bonds is 3. The van der Waals surface area contributed by atoms with Gasteiger partial charge in [-0.05, 0) is 62.1 Å². The van der Waals surface area contributed by atoms with E-state index in [2.05, 4.69) is 4.72 Å². The fourth-order valence-corrected chi connectivity index (χ4v) is 8.21. The summed E-state index contributed by atoms with van der Waals surface area (Å²) in [6.45, 7) is 2.79. The second-order valence-corrected chi connectivity index (χ2v) is 11.8. The van der Waals surface area contributed by atoms with Crippen molar-refractivity contribution in [1.29, 1.82) is 0 Å². The molecule has 3 aliphatic rings. The van der Waals surface area contributed by atoms with E-state index in [9.17, 15) is 16.8 Å². The molecule has 0 radical (unpaired) electrons. The molecule has 1 aromatic rings. The number of hydrogen-bond acceptors (Lipinski definition) is 4. The molecule has 6 nitrogen and oxygen atoms in total. The number of benzene rings is 1. The predicted octanol–water partition coefficient (Wildman–Crippen LogP) is 2.56. The lowest BCUT2D eigenvalue weighted by Gasteiger charge is -2.31. The molecule has 2 aliphatic heterocycles. The fraction of sp³-hybridized carbons (Fsp3) is 0.684. The summed E-state index contributed by atoms with van der Waals surface area (Å²) in [6, 6.07) is 3.10. The van der Waals surface area contributed by atoms with E-state index in [0.717, 1.165) is 50.5 Å². The minimum atomic E-state index is -3.69. The summed E-state index contributed by atoms with van der Waals surface area (Å²) in [4.78, 5) is 0.269. The van der Waals surface area contributed by atoms with Gasteiger partial charge in [0.2, 0.25) is 20.0 Å². The molecule has 4 rings (SSSR count). The second-order valence-electron chi connectivity index (χ2n) is 8.17. The van der Waals surface area contributed by atoms with Crippen LogP contribution >= 0.6 is 0 Å². The molecule has 8 heteroatoms. The molecule has 27 heavy (non-hydrogen) atoms. The number of nitrogens with one attached hydrogen (secondary N) is 1. The average molecular weight is 413 g/mol. The van der Waals surface area contributed by atoms with E-state index in [0.29, 0.717) is 31.0 Å². The van der Waals surface area contributed by atoms with Crippen molar-refractivity contribution < 1.29 is 16.8 Å². The fourth-order valence-electron chi connectivity index (χ4n) is 4.83. The first-order chi connectivity index (χ1) is 12.8. The van der Waals surface area contributed by atoms with Crippen LogP contribution in [0.2, 0.25) is 0 Å². The largest absolute Gasteiger partial charge is 0.243 e. The second kappa shape index (κ2) is 7.13. The van der Waals surface area contributed by atoms with Gasteiger partial charge in [0.1, 0.15) is 0 Å². The first-order valence-corrected chi connectivity index (χ1v) is 12.9. The Balaban J connectivity index is 1.72. The van der Waals surface area contributed by atoms with E-state index in [1.807, 2.05) is 0 Å². The molecule has 1 saturated heterocycles. The van der Waals surface area contributed by atoms with Gasteiger partial charge in [0.05, 0.1) is 9.79 Å². The zero-order valence-electron chi connectivity index (χ0n) is 15.8. The molecular weight excluding hydrogens is 384 g/mol. The molecule has 1 aromatic carbocycles. The van der Waals surface area contributed by atoms with Crippen LogP contribution in [0.25, 0.3) is 0 Å². The van der Waals surface area contributed by atoms with E-state index in [1.54, 1.807) is 13.0 Å². The summed E-state index contributed by atoms with van der Waals surface area (Å²) < 4.78 is 56.3. The van der Waals surface area contributed by atoms with Crippen LogP contribution in [0, 0.1) is 12.8 Å². The van der Waals surface area contributed by atoms with Crippen LogP contribution in [-0.4, -0.2) is 40.3 Å². The number of hydrogen-bond donors (Lipinski definition) is 1. The normalized spacial score (nSPS) is 26.8. The van der Waals surface area contributed by atoms with Crippen molar-refractivity contribution in [2.75, 3.05) is 13.1 Å². The van der Waals surface area contributed by atoms with Crippen LogP contribution < -0.4 is 4.72 Å². The van der Waals surface area contributed by atoms with Crippen molar-refractivity contribution in [3.05, 3.63) is 23.3 Å². The van der Waals surface area contributed by atoms with Gasteiger partial charge in [-0.3, -0.25) is 0 Å². The highest BCUT2D eigenvalue weighted by Gasteiger charge is 2.37. The summed E-state index contributed by atoms with van der Waals surface area (Å²) >= 11 is 0. The SMILES string of the molecule is Cc1cc2c(cc1S(=O)(=O)N1CCCCC1)S(=O)(=O)N[C@@H](C1CCCC1)C2. The topological polar surface area (TPSA) is 83.6 Å². The predicted molar refractivity (Wildman–Crippen MR) is 104 cm³/mol. The van der Waals surface area contributed by atoms with Crippen LogP contribution in [0.1, 0.15) is 56.1 Å². The highest BCUT2D eigenvalue weighted by atomic mass is 32.2. The molecule has 0 bridgehead atoms. The first kappa shape index (κ1) is 19.4. The maximum atomic E-state index is 13.1. The van der Waals surface area contributed by atoms with Gasteiger partial charge in [0.25, 0.3) is 0 Å². The van der Waals surface area contributed by atoms with Crippen molar-refractivity contribution in [2.24, 2.45) is 5.92 Å². The lowest BCUT2D eigenvalue weighted by molar-refractivity contribution is 0.346. The van der Waals surface area contributed by atoms with Crippen LogP contribution in [0.5, 0.6) is 0 Å². The lowest BCUT2D eigenvalue weighted by atomic mass is 9.92. The van der Waals surface area contributed by atoms with Crippen LogP contribution in [0.4, 0.5) is 0 Å². The van der Waals surface area contributed by atoms with Gasteiger partial charge in [-0.1, -0.05) is 25.3 Å². The van der Waals surface area contributed by atoms with Crippen molar-refractivity contribution in [3.63, 3.8) is 0 Å². The maximum absolute atomic E-state index is 13.1. The van der Waals surface area contributed by atoms with Crippen LogP contribution in [-0.2, 0) is 26.5 Å². The summed E-state index contributed by atoms with van der Waals surface area (Å²) in [5.41, 5.74) is 1.39. The van der Waals surface area contributed by atoms with Crippen molar-refractivity contribution in [1.82, 2.24) is 9.03 Å². The van der Waals surface area contributed by atoms with Gasteiger partial charge in [-0.2, -0.15) is 4.31 Å². The monoisotopic (exact) mass is 412 g/mol. The molecule has 0 spiro atoms. The Morgan fingerprint density at radius 3 is 2.37 bits per heavy atom. The molecule has 1 saturated carbocycles. The highest BCUT2D eigenvalue weighted by Crippen LogP contribution is 2.36. The molecule has 150 valence electrons. The molecule has 2 heterocycles. The Labute approximate surface area is 162 Å². The molecule has 2 fully saturated rings. The maximum Gasteiger partial charge on any atom is 0.243 e. The van der Waals surface area contributed by atoms with E-state index >= 15 is 0 Å².